The number of hydrogen-bond donors (Lipinski definition) is 1. The molecule has 1 fully saturated rings. The fraction of sp³-hybridized carbons (Fsp3) is 0.818. The van der Waals surface area contributed by atoms with Gasteiger partial charge in [-0.3, -0.25) is 9.59 Å². The van der Waals surface area contributed by atoms with Crippen LogP contribution < -0.4 is 5.73 Å². The molecule has 92 valence electrons. The summed E-state index contributed by atoms with van der Waals surface area (Å²) in [6.45, 7) is 6.75. The smallest absolute Gasteiger partial charge is 0.225 e. The van der Waals surface area contributed by atoms with E-state index in [9.17, 15) is 9.59 Å². The van der Waals surface area contributed by atoms with E-state index in [1.807, 2.05) is 18.7 Å². The van der Waals surface area contributed by atoms with Crippen LogP contribution in [0.15, 0.2) is 0 Å². The monoisotopic (exact) mass is 227 g/mol. The molecule has 0 unspecified atom stereocenters. The second-order valence-electron chi connectivity index (χ2n) is 4.40. The van der Waals surface area contributed by atoms with Crippen molar-refractivity contribution in [2.24, 2.45) is 11.7 Å². The van der Waals surface area contributed by atoms with Crippen LogP contribution in [0.3, 0.4) is 0 Å². The van der Waals surface area contributed by atoms with Crippen molar-refractivity contribution in [2.45, 2.75) is 20.3 Å². The molecule has 0 aromatic rings. The minimum absolute atomic E-state index is 0.0336. The van der Waals surface area contributed by atoms with Crippen molar-refractivity contribution in [3.63, 3.8) is 0 Å². The summed E-state index contributed by atoms with van der Waals surface area (Å²) >= 11 is 0. The Balaban J connectivity index is 2.39. The van der Waals surface area contributed by atoms with Crippen LogP contribution in [0.1, 0.15) is 20.3 Å². The largest absolute Gasteiger partial charge is 0.339 e. The van der Waals surface area contributed by atoms with Gasteiger partial charge in [0.05, 0.1) is 0 Å². The fourth-order valence-electron chi connectivity index (χ4n) is 1.82. The molecule has 0 aromatic heterocycles. The first kappa shape index (κ1) is 13.0. The first-order chi connectivity index (χ1) is 7.56. The van der Waals surface area contributed by atoms with Crippen LogP contribution in [0.4, 0.5) is 0 Å². The molecule has 0 saturated carbocycles. The Morgan fingerprint density at radius 3 is 2.06 bits per heavy atom. The summed E-state index contributed by atoms with van der Waals surface area (Å²) in [5.74, 6) is 0.302. The molecule has 0 bridgehead atoms. The summed E-state index contributed by atoms with van der Waals surface area (Å²) in [7, 11) is 0. The molecule has 1 aliphatic heterocycles. The first-order valence-electron chi connectivity index (χ1n) is 5.83. The second kappa shape index (κ2) is 5.84. The lowest BCUT2D eigenvalue weighted by Crippen LogP contribution is -2.51. The third-order valence-corrected chi connectivity index (χ3v) is 2.80. The average Bonchev–Trinajstić information content (AvgIpc) is 2.28. The number of hydrogen-bond acceptors (Lipinski definition) is 3. The summed E-state index contributed by atoms with van der Waals surface area (Å²) in [5.41, 5.74) is 5.34. The zero-order chi connectivity index (χ0) is 12.1. The van der Waals surface area contributed by atoms with Crippen LogP contribution in [-0.2, 0) is 9.59 Å². The summed E-state index contributed by atoms with van der Waals surface area (Å²) in [4.78, 5) is 26.9. The highest BCUT2D eigenvalue weighted by atomic mass is 16.2. The quantitative estimate of drug-likeness (QED) is 0.717. The van der Waals surface area contributed by atoms with Crippen LogP contribution in [0.25, 0.3) is 0 Å². The van der Waals surface area contributed by atoms with E-state index in [1.165, 1.54) is 0 Å². The van der Waals surface area contributed by atoms with E-state index in [4.69, 9.17) is 5.73 Å². The molecule has 2 N–H and O–H groups in total. The number of rotatable bonds is 3. The van der Waals surface area contributed by atoms with E-state index < -0.39 is 0 Å². The van der Waals surface area contributed by atoms with Crippen molar-refractivity contribution in [1.29, 1.82) is 0 Å². The average molecular weight is 227 g/mol. The molecule has 0 radical (unpaired) electrons. The van der Waals surface area contributed by atoms with E-state index in [1.54, 1.807) is 4.90 Å². The first-order valence-corrected chi connectivity index (χ1v) is 5.83. The number of amides is 2. The highest BCUT2D eigenvalue weighted by molar-refractivity contribution is 5.79. The van der Waals surface area contributed by atoms with Crippen LogP contribution in [-0.4, -0.2) is 54.3 Å². The lowest BCUT2D eigenvalue weighted by molar-refractivity contribution is -0.141. The standard InChI is InChI=1S/C11H21N3O2/c1-9(2)11(16)14-7-5-13(6-8-14)10(15)3-4-12/h9H,3-8,12H2,1-2H3. The summed E-state index contributed by atoms with van der Waals surface area (Å²) in [6.07, 6.45) is 0.401. The predicted molar refractivity (Wildman–Crippen MR) is 61.7 cm³/mol. The van der Waals surface area contributed by atoms with Gasteiger partial charge >= 0.3 is 0 Å². The normalized spacial score (nSPS) is 16.8. The molecule has 1 aliphatic rings. The molecule has 0 aliphatic carbocycles. The molecule has 0 atom stereocenters. The Labute approximate surface area is 96.6 Å². The van der Waals surface area contributed by atoms with Crippen molar-refractivity contribution in [1.82, 2.24) is 9.80 Å². The number of piperazine rings is 1. The third kappa shape index (κ3) is 3.20. The zero-order valence-electron chi connectivity index (χ0n) is 10.1. The van der Waals surface area contributed by atoms with Crippen LogP contribution in [0, 0.1) is 5.92 Å². The molecule has 0 aromatic carbocycles. The van der Waals surface area contributed by atoms with Gasteiger partial charge in [-0.15, -0.1) is 0 Å². The molecular formula is C11H21N3O2. The number of carbonyl (C=O) groups excluding carboxylic acids is 2. The van der Waals surface area contributed by atoms with Crippen LogP contribution in [0.2, 0.25) is 0 Å². The molecule has 16 heavy (non-hydrogen) atoms. The molecular weight excluding hydrogens is 206 g/mol. The third-order valence-electron chi connectivity index (χ3n) is 2.80. The Bertz CT molecular complexity index is 258. The lowest BCUT2D eigenvalue weighted by atomic mass is 10.1. The Hall–Kier alpha value is -1.10. The summed E-state index contributed by atoms with van der Waals surface area (Å²) < 4.78 is 0. The van der Waals surface area contributed by atoms with Crippen LogP contribution >= 0.6 is 0 Å². The van der Waals surface area contributed by atoms with Crippen molar-refractivity contribution in [3.05, 3.63) is 0 Å². The molecule has 0 spiro atoms. The molecule has 1 heterocycles. The van der Waals surface area contributed by atoms with Crippen molar-refractivity contribution in [3.8, 4) is 0 Å². The highest BCUT2D eigenvalue weighted by Crippen LogP contribution is 2.07. The van der Waals surface area contributed by atoms with Gasteiger partial charge in [-0.2, -0.15) is 0 Å². The van der Waals surface area contributed by atoms with Gasteiger partial charge in [-0.05, 0) is 0 Å². The minimum Gasteiger partial charge on any atom is -0.339 e. The van der Waals surface area contributed by atoms with E-state index in [-0.39, 0.29) is 17.7 Å². The Kier molecular flexibility index (Phi) is 4.73. The van der Waals surface area contributed by atoms with E-state index in [0.29, 0.717) is 39.1 Å². The number of nitrogens with zero attached hydrogens (tertiary/aromatic N) is 2. The molecule has 1 rings (SSSR count). The molecule has 5 heteroatoms. The molecule has 5 nitrogen and oxygen atoms in total. The number of carbonyl (C=O) groups is 2. The summed E-state index contributed by atoms with van der Waals surface area (Å²) in [5, 5.41) is 0. The lowest BCUT2D eigenvalue weighted by Gasteiger charge is -2.35. The fourth-order valence-corrected chi connectivity index (χ4v) is 1.82. The van der Waals surface area contributed by atoms with Crippen molar-refractivity contribution in [2.75, 3.05) is 32.7 Å². The van der Waals surface area contributed by atoms with Gasteiger partial charge in [-0.25, -0.2) is 0 Å². The topological polar surface area (TPSA) is 66.6 Å². The maximum atomic E-state index is 11.7. The minimum atomic E-state index is 0.0336. The SMILES string of the molecule is CC(C)C(=O)N1CCN(C(=O)CCN)CC1. The Morgan fingerprint density at radius 1 is 1.12 bits per heavy atom. The maximum absolute atomic E-state index is 11.7. The van der Waals surface area contributed by atoms with Gasteiger partial charge < -0.3 is 15.5 Å². The van der Waals surface area contributed by atoms with Gasteiger partial charge in [0.25, 0.3) is 0 Å². The number of nitrogens with two attached hydrogens (primary N) is 1. The van der Waals surface area contributed by atoms with Gasteiger partial charge in [0.1, 0.15) is 0 Å². The van der Waals surface area contributed by atoms with Gasteiger partial charge in [0, 0.05) is 45.1 Å². The molecule has 1 saturated heterocycles. The zero-order valence-corrected chi connectivity index (χ0v) is 10.1. The van der Waals surface area contributed by atoms with Gasteiger partial charge in [0.15, 0.2) is 0 Å². The maximum Gasteiger partial charge on any atom is 0.225 e. The molecule has 2 amide bonds. The van der Waals surface area contributed by atoms with E-state index in [2.05, 4.69) is 0 Å². The van der Waals surface area contributed by atoms with E-state index in [0.717, 1.165) is 0 Å². The summed E-state index contributed by atoms with van der Waals surface area (Å²) in [6, 6.07) is 0. The second-order valence-corrected chi connectivity index (χ2v) is 4.40. The van der Waals surface area contributed by atoms with Crippen molar-refractivity contribution < 1.29 is 9.59 Å². The van der Waals surface area contributed by atoms with E-state index >= 15 is 0 Å². The van der Waals surface area contributed by atoms with Crippen molar-refractivity contribution >= 4 is 11.8 Å². The predicted octanol–water partition coefficient (Wildman–Crippen LogP) is -0.338. The van der Waals surface area contributed by atoms with Gasteiger partial charge in [0.2, 0.25) is 11.8 Å². The highest BCUT2D eigenvalue weighted by Gasteiger charge is 2.24. The van der Waals surface area contributed by atoms with Crippen LogP contribution in [0.5, 0.6) is 0 Å². The van der Waals surface area contributed by atoms with Gasteiger partial charge in [-0.1, -0.05) is 13.8 Å². The Morgan fingerprint density at radius 2 is 1.62 bits per heavy atom.